The highest BCUT2D eigenvalue weighted by Gasteiger charge is 2.16. The standard InChI is InChI=1S/C19H25NO4/c1-14(15-8-5-4-6-9-15)20-12-16(21)13-24-19-17(22-2)10-7-11-18(19)23-3/h4-11,14,16,20-21H,12-13H2,1-3H3/p+1/t14-,16-/m0/s1. The Labute approximate surface area is 143 Å². The van der Waals surface area contributed by atoms with E-state index in [2.05, 4.69) is 24.4 Å². The SMILES string of the molecule is COc1cccc(OC)c1OC[C@@H](O)C[NH2+][C@@H](C)c1ccccc1. The third-order valence-electron chi connectivity index (χ3n) is 3.89. The van der Waals surface area contributed by atoms with Crippen LogP contribution in [0, 0.1) is 0 Å². The van der Waals surface area contributed by atoms with Crippen LogP contribution in [0.25, 0.3) is 0 Å². The van der Waals surface area contributed by atoms with Crippen LogP contribution in [0.1, 0.15) is 18.5 Å². The molecular weight excluding hydrogens is 306 g/mol. The van der Waals surface area contributed by atoms with Gasteiger partial charge in [0.15, 0.2) is 11.5 Å². The summed E-state index contributed by atoms with van der Waals surface area (Å²) in [6, 6.07) is 15.9. The van der Waals surface area contributed by atoms with Crippen LogP contribution in [0.5, 0.6) is 17.2 Å². The number of quaternary nitrogens is 1. The third-order valence-corrected chi connectivity index (χ3v) is 3.89. The van der Waals surface area contributed by atoms with Gasteiger partial charge in [-0.3, -0.25) is 0 Å². The number of para-hydroxylation sites is 1. The van der Waals surface area contributed by atoms with Gasteiger partial charge in [0.05, 0.1) is 14.2 Å². The van der Waals surface area contributed by atoms with E-state index in [1.165, 1.54) is 5.56 Å². The number of nitrogens with two attached hydrogens (primary N) is 1. The van der Waals surface area contributed by atoms with Crippen LogP contribution in [0.2, 0.25) is 0 Å². The van der Waals surface area contributed by atoms with E-state index in [1.807, 2.05) is 24.3 Å². The first-order valence-corrected chi connectivity index (χ1v) is 8.05. The van der Waals surface area contributed by atoms with Gasteiger partial charge in [-0.2, -0.15) is 0 Å². The minimum Gasteiger partial charge on any atom is -0.493 e. The number of ether oxygens (including phenoxy) is 3. The summed E-state index contributed by atoms with van der Waals surface area (Å²) in [6.45, 7) is 2.84. The van der Waals surface area contributed by atoms with Crippen LogP contribution in [-0.2, 0) is 0 Å². The Kier molecular flexibility index (Phi) is 6.90. The summed E-state index contributed by atoms with van der Waals surface area (Å²) in [7, 11) is 3.15. The lowest BCUT2D eigenvalue weighted by Crippen LogP contribution is -2.87. The number of benzene rings is 2. The number of rotatable bonds is 9. The van der Waals surface area contributed by atoms with E-state index in [9.17, 15) is 5.11 Å². The molecule has 5 nitrogen and oxygen atoms in total. The van der Waals surface area contributed by atoms with Crippen LogP contribution in [0.3, 0.4) is 0 Å². The van der Waals surface area contributed by atoms with E-state index in [0.29, 0.717) is 23.8 Å². The lowest BCUT2D eigenvalue weighted by molar-refractivity contribution is -0.698. The average Bonchev–Trinajstić information content (AvgIpc) is 2.64. The van der Waals surface area contributed by atoms with Crippen LogP contribution < -0.4 is 19.5 Å². The predicted octanol–water partition coefficient (Wildman–Crippen LogP) is 1.77. The summed E-state index contributed by atoms with van der Waals surface area (Å²) in [5.41, 5.74) is 1.23. The van der Waals surface area contributed by atoms with Gasteiger partial charge >= 0.3 is 0 Å². The van der Waals surface area contributed by atoms with Crippen molar-refractivity contribution in [2.45, 2.75) is 19.1 Å². The number of aliphatic hydroxyl groups is 1. The van der Waals surface area contributed by atoms with Gasteiger partial charge in [0.1, 0.15) is 25.3 Å². The maximum Gasteiger partial charge on any atom is 0.203 e. The molecular formula is C19H26NO4+. The van der Waals surface area contributed by atoms with Crippen LogP contribution in [0.4, 0.5) is 0 Å². The van der Waals surface area contributed by atoms with Crippen molar-refractivity contribution in [3.05, 3.63) is 54.1 Å². The van der Waals surface area contributed by atoms with Gasteiger partial charge in [-0.1, -0.05) is 36.4 Å². The van der Waals surface area contributed by atoms with E-state index >= 15 is 0 Å². The molecule has 0 saturated heterocycles. The molecule has 2 rings (SSSR count). The Bertz CT molecular complexity index is 596. The third kappa shape index (κ3) is 4.88. The van der Waals surface area contributed by atoms with Crippen LogP contribution in [0.15, 0.2) is 48.5 Å². The molecule has 0 aliphatic heterocycles. The molecule has 0 aromatic heterocycles. The van der Waals surface area contributed by atoms with Gasteiger partial charge in [-0.25, -0.2) is 0 Å². The molecule has 0 spiro atoms. The van der Waals surface area contributed by atoms with E-state index in [-0.39, 0.29) is 12.6 Å². The van der Waals surface area contributed by atoms with Gasteiger partial charge in [0, 0.05) is 5.56 Å². The van der Waals surface area contributed by atoms with Gasteiger partial charge in [-0.05, 0) is 19.1 Å². The molecule has 3 N–H and O–H groups in total. The van der Waals surface area contributed by atoms with Gasteiger partial charge in [0.25, 0.3) is 0 Å². The summed E-state index contributed by atoms with van der Waals surface area (Å²) >= 11 is 0. The molecule has 0 amide bonds. The maximum atomic E-state index is 10.2. The maximum absolute atomic E-state index is 10.2. The molecule has 0 radical (unpaired) electrons. The molecule has 2 aromatic rings. The quantitative estimate of drug-likeness (QED) is 0.734. The molecule has 2 aromatic carbocycles. The van der Waals surface area contributed by atoms with Gasteiger partial charge < -0.3 is 24.6 Å². The van der Waals surface area contributed by atoms with E-state index in [0.717, 1.165) is 0 Å². The number of hydrogen-bond acceptors (Lipinski definition) is 4. The molecule has 0 unspecified atom stereocenters. The first kappa shape index (κ1) is 18.1. The molecule has 5 heteroatoms. The van der Waals surface area contributed by atoms with E-state index < -0.39 is 6.10 Å². The van der Waals surface area contributed by atoms with E-state index in [4.69, 9.17) is 14.2 Å². The Morgan fingerprint density at radius 3 is 2.17 bits per heavy atom. The predicted molar refractivity (Wildman–Crippen MR) is 92.7 cm³/mol. The van der Waals surface area contributed by atoms with Gasteiger partial charge in [0.2, 0.25) is 5.75 Å². The molecule has 0 fully saturated rings. The molecule has 0 saturated carbocycles. The Morgan fingerprint density at radius 2 is 1.58 bits per heavy atom. The first-order valence-electron chi connectivity index (χ1n) is 8.05. The summed E-state index contributed by atoms with van der Waals surface area (Å²) in [5, 5.41) is 12.3. The lowest BCUT2D eigenvalue weighted by atomic mass is 10.1. The highest BCUT2D eigenvalue weighted by Crippen LogP contribution is 2.36. The first-order chi connectivity index (χ1) is 11.7. The normalized spacial score (nSPS) is 13.2. The number of aliphatic hydroxyl groups excluding tert-OH is 1. The highest BCUT2D eigenvalue weighted by molar-refractivity contribution is 5.51. The van der Waals surface area contributed by atoms with Crippen molar-refractivity contribution < 1.29 is 24.6 Å². The Morgan fingerprint density at radius 1 is 0.958 bits per heavy atom. The molecule has 24 heavy (non-hydrogen) atoms. The molecule has 0 aliphatic rings. The molecule has 0 bridgehead atoms. The highest BCUT2D eigenvalue weighted by atomic mass is 16.5. The Hall–Kier alpha value is -2.24. The minimum absolute atomic E-state index is 0.175. The number of methoxy groups -OCH3 is 2. The summed E-state index contributed by atoms with van der Waals surface area (Å²) in [4.78, 5) is 0. The topological polar surface area (TPSA) is 64.5 Å². The monoisotopic (exact) mass is 332 g/mol. The van der Waals surface area contributed by atoms with Crippen LogP contribution >= 0.6 is 0 Å². The zero-order valence-corrected chi connectivity index (χ0v) is 14.4. The lowest BCUT2D eigenvalue weighted by Gasteiger charge is -2.17. The zero-order valence-electron chi connectivity index (χ0n) is 14.4. The minimum atomic E-state index is -0.592. The molecule has 130 valence electrons. The van der Waals surface area contributed by atoms with Crippen molar-refractivity contribution in [1.29, 1.82) is 0 Å². The fraction of sp³-hybridized carbons (Fsp3) is 0.368. The van der Waals surface area contributed by atoms with Crippen molar-refractivity contribution in [1.82, 2.24) is 0 Å². The van der Waals surface area contributed by atoms with Crippen molar-refractivity contribution in [3.63, 3.8) is 0 Å². The van der Waals surface area contributed by atoms with Crippen molar-refractivity contribution in [3.8, 4) is 17.2 Å². The second-order valence-electron chi connectivity index (χ2n) is 5.63. The smallest absolute Gasteiger partial charge is 0.203 e. The summed E-state index contributed by atoms with van der Waals surface area (Å²) in [6.07, 6.45) is -0.592. The summed E-state index contributed by atoms with van der Waals surface area (Å²) in [5.74, 6) is 1.68. The van der Waals surface area contributed by atoms with E-state index in [1.54, 1.807) is 26.4 Å². The molecule has 0 aliphatic carbocycles. The second-order valence-corrected chi connectivity index (χ2v) is 5.63. The van der Waals surface area contributed by atoms with Crippen molar-refractivity contribution in [2.24, 2.45) is 0 Å². The van der Waals surface area contributed by atoms with Crippen molar-refractivity contribution >= 4 is 0 Å². The van der Waals surface area contributed by atoms with Gasteiger partial charge in [-0.15, -0.1) is 0 Å². The average molecular weight is 332 g/mol. The van der Waals surface area contributed by atoms with Crippen molar-refractivity contribution in [2.75, 3.05) is 27.4 Å². The fourth-order valence-corrected chi connectivity index (χ4v) is 2.46. The summed E-state index contributed by atoms with van der Waals surface area (Å²) < 4.78 is 16.3. The molecule has 0 heterocycles. The largest absolute Gasteiger partial charge is 0.493 e. The number of hydrogen-bond donors (Lipinski definition) is 2. The Balaban J connectivity index is 1.86. The molecule has 2 atom stereocenters. The zero-order chi connectivity index (χ0) is 17.4. The van der Waals surface area contributed by atoms with Crippen LogP contribution in [-0.4, -0.2) is 38.6 Å². The second kappa shape index (κ2) is 9.15. The fourth-order valence-electron chi connectivity index (χ4n) is 2.46.